The third-order valence-electron chi connectivity index (χ3n) is 5.17. The highest BCUT2D eigenvalue weighted by molar-refractivity contribution is 7.98. The zero-order chi connectivity index (χ0) is 24.0. The van der Waals surface area contributed by atoms with E-state index in [1.807, 2.05) is 58.0 Å². The first kappa shape index (κ1) is 24.6. The van der Waals surface area contributed by atoms with Gasteiger partial charge in [-0.2, -0.15) is 4.98 Å². The molecule has 1 heterocycles. The number of aryl methyl sites for hydroxylation is 1. The van der Waals surface area contributed by atoms with Gasteiger partial charge in [-0.25, -0.2) is 0 Å². The lowest BCUT2D eigenvalue weighted by Gasteiger charge is -2.18. The standard InChI is InChI=1S/C26H31N3O3S/c1-8-23(19(6)31-28-18(5)21-11-14-24(33-7)17(4)15-21)30-22-12-9-20(10-13-22)25-27-26(16(2)3)32-29-25/h9-16,23H,6,8H2,1-5,7H3/b28-18+. The fourth-order valence-electron chi connectivity index (χ4n) is 3.15. The van der Waals surface area contributed by atoms with Gasteiger partial charge in [0, 0.05) is 16.4 Å². The Bertz CT molecular complexity index is 1120. The van der Waals surface area contributed by atoms with Crippen molar-refractivity contribution in [2.75, 3.05) is 6.26 Å². The van der Waals surface area contributed by atoms with Crippen LogP contribution in [-0.2, 0) is 4.84 Å². The first-order valence-corrected chi connectivity index (χ1v) is 12.2. The topological polar surface area (TPSA) is 69.7 Å². The van der Waals surface area contributed by atoms with Crippen molar-refractivity contribution in [1.29, 1.82) is 0 Å². The predicted octanol–water partition coefficient (Wildman–Crippen LogP) is 7.00. The lowest BCUT2D eigenvalue weighted by atomic mass is 10.1. The van der Waals surface area contributed by atoms with Crippen molar-refractivity contribution in [3.8, 4) is 17.1 Å². The summed E-state index contributed by atoms with van der Waals surface area (Å²) in [6, 6.07) is 13.8. The monoisotopic (exact) mass is 465 g/mol. The van der Waals surface area contributed by atoms with E-state index >= 15 is 0 Å². The van der Waals surface area contributed by atoms with Crippen LogP contribution in [-0.4, -0.2) is 28.2 Å². The summed E-state index contributed by atoms with van der Waals surface area (Å²) in [6.07, 6.45) is 2.44. The van der Waals surface area contributed by atoms with Crippen molar-refractivity contribution in [2.45, 2.75) is 58.0 Å². The summed E-state index contributed by atoms with van der Waals surface area (Å²) in [5.74, 6) is 2.53. The molecular weight excluding hydrogens is 434 g/mol. The van der Waals surface area contributed by atoms with Gasteiger partial charge in [-0.3, -0.25) is 0 Å². The molecule has 3 aromatic rings. The quantitative estimate of drug-likeness (QED) is 0.139. The van der Waals surface area contributed by atoms with E-state index in [9.17, 15) is 0 Å². The number of oxime groups is 1. The van der Waals surface area contributed by atoms with E-state index in [1.165, 1.54) is 10.5 Å². The molecule has 33 heavy (non-hydrogen) atoms. The molecule has 0 spiro atoms. The summed E-state index contributed by atoms with van der Waals surface area (Å²) in [5.41, 5.74) is 3.88. The van der Waals surface area contributed by atoms with Gasteiger partial charge in [0.25, 0.3) is 0 Å². The zero-order valence-electron chi connectivity index (χ0n) is 20.1. The highest BCUT2D eigenvalue weighted by atomic mass is 32.2. The van der Waals surface area contributed by atoms with E-state index in [0.29, 0.717) is 29.6 Å². The van der Waals surface area contributed by atoms with Gasteiger partial charge in [-0.05, 0) is 74.0 Å². The van der Waals surface area contributed by atoms with Crippen molar-refractivity contribution in [3.05, 3.63) is 71.8 Å². The molecule has 174 valence electrons. The van der Waals surface area contributed by atoms with Crippen LogP contribution in [0.15, 0.2) is 69.4 Å². The largest absolute Gasteiger partial charge is 0.482 e. The molecule has 7 heteroatoms. The molecule has 0 radical (unpaired) electrons. The Morgan fingerprint density at radius 2 is 1.91 bits per heavy atom. The van der Waals surface area contributed by atoms with Crippen LogP contribution >= 0.6 is 11.8 Å². The summed E-state index contributed by atoms with van der Waals surface area (Å²) in [4.78, 5) is 11.3. The van der Waals surface area contributed by atoms with Crippen molar-refractivity contribution in [2.24, 2.45) is 5.16 Å². The molecule has 2 aromatic carbocycles. The number of thioether (sulfide) groups is 1. The van der Waals surface area contributed by atoms with Crippen LogP contribution in [0.25, 0.3) is 11.4 Å². The van der Waals surface area contributed by atoms with Gasteiger partial charge < -0.3 is 14.1 Å². The van der Waals surface area contributed by atoms with E-state index < -0.39 is 0 Å². The Morgan fingerprint density at radius 1 is 1.18 bits per heavy atom. The molecule has 1 unspecified atom stereocenters. The number of hydrogen-bond donors (Lipinski definition) is 0. The van der Waals surface area contributed by atoms with Gasteiger partial charge >= 0.3 is 0 Å². The Hall–Kier alpha value is -3.06. The molecule has 0 amide bonds. The Morgan fingerprint density at radius 3 is 2.48 bits per heavy atom. The van der Waals surface area contributed by atoms with E-state index in [4.69, 9.17) is 14.1 Å². The summed E-state index contributed by atoms with van der Waals surface area (Å²) in [5, 5.41) is 8.32. The minimum Gasteiger partial charge on any atom is -0.482 e. The molecule has 0 saturated heterocycles. The number of ether oxygens (including phenoxy) is 1. The third kappa shape index (κ3) is 6.26. The van der Waals surface area contributed by atoms with Gasteiger partial charge in [0.05, 0.1) is 5.71 Å². The van der Waals surface area contributed by atoms with Crippen LogP contribution in [0.4, 0.5) is 0 Å². The van der Waals surface area contributed by atoms with Gasteiger partial charge in [0.2, 0.25) is 11.7 Å². The third-order valence-corrected chi connectivity index (χ3v) is 6.07. The van der Waals surface area contributed by atoms with Gasteiger partial charge in [-0.15, -0.1) is 11.8 Å². The SMILES string of the molecule is C=C(O/N=C(\C)c1ccc(SC)c(C)c1)C(CC)Oc1ccc(-c2noc(C(C)C)n2)cc1. The van der Waals surface area contributed by atoms with Gasteiger partial charge in [-0.1, -0.05) is 43.7 Å². The Balaban J connectivity index is 1.63. The van der Waals surface area contributed by atoms with E-state index in [2.05, 4.69) is 47.2 Å². The summed E-state index contributed by atoms with van der Waals surface area (Å²) >= 11 is 1.73. The minimum atomic E-state index is -0.328. The smallest absolute Gasteiger partial charge is 0.229 e. The molecule has 0 bridgehead atoms. The number of aromatic nitrogens is 2. The molecule has 0 fully saturated rings. The highest BCUT2D eigenvalue weighted by Crippen LogP contribution is 2.25. The van der Waals surface area contributed by atoms with Crippen LogP contribution < -0.4 is 4.74 Å². The maximum Gasteiger partial charge on any atom is 0.229 e. The van der Waals surface area contributed by atoms with Crippen LogP contribution in [0, 0.1) is 6.92 Å². The van der Waals surface area contributed by atoms with Gasteiger partial charge in [0.15, 0.2) is 11.9 Å². The fourth-order valence-corrected chi connectivity index (χ4v) is 3.74. The Kier molecular flexibility index (Phi) is 8.33. The van der Waals surface area contributed by atoms with Crippen molar-refractivity contribution in [3.63, 3.8) is 0 Å². The average molecular weight is 466 g/mol. The predicted molar refractivity (Wildman–Crippen MR) is 134 cm³/mol. The molecule has 1 aromatic heterocycles. The number of benzene rings is 2. The molecule has 0 saturated carbocycles. The molecular formula is C26H31N3O3S. The maximum atomic E-state index is 6.09. The van der Waals surface area contributed by atoms with Crippen LogP contribution in [0.3, 0.4) is 0 Å². The molecule has 3 rings (SSSR count). The second-order valence-corrected chi connectivity index (χ2v) is 8.92. The second-order valence-electron chi connectivity index (χ2n) is 8.07. The van der Waals surface area contributed by atoms with E-state index in [1.54, 1.807) is 11.8 Å². The minimum absolute atomic E-state index is 0.190. The van der Waals surface area contributed by atoms with Crippen molar-refractivity contribution in [1.82, 2.24) is 10.1 Å². The highest BCUT2D eigenvalue weighted by Gasteiger charge is 2.16. The number of nitrogens with zero attached hydrogens (tertiary/aromatic N) is 3. The van der Waals surface area contributed by atoms with Crippen LogP contribution in [0.5, 0.6) is 5.75 Å². The lowest BCUT2D eigenvalue weighted by Crippen LogP contribution is -2.19. The second kappa shape index (κ2) is 11.2. The summed E-state index contributed by atoms with van der Waals surface area (Å²) < 4.78 is 11.4. The molecule has 0 aliphatic rings. The number of rotatable bonds is 10. The first-order chi connectivity index (χ1) is 15.8. The Labute approximate surface area is 200 Å². The first-order valence-electron chi connectivity index (χ1n) is 11.0. The molecule has 0 aliphatic heterocycles. The van der Waals surface area contributed by atoms with Gasteiger partial charge in [0.1, 0.15) is 5.75 Å². The molecule has 0 aliphatic carbocycles. The fraction of sp³-hybridized carbons (Fsp3) is 0.346. The average Bonchev–Trinajstić information content (AvgIpc) is 3.32. The zero-order valence-corrected chi connectivity index (χ0v) is 20.9. The number of hydrogen-bond acceptors (Lipinski definition) is 7. The van der Waals surface area contributed by atoms with E-state index in [-0.39, 0.29) is 12.0 Å². The summed E-state index contributed by atoms with van der Waals surface area (Å²) in [6.45, 7) is 14.1. The molecule has 6 nitrogen and oxygen atoms in total. The van der Waals surface area contributed by atoms with Crippen LogP contribution in [0.1, 0.15) is 57.1 Å². The molecule has 0 N–H and O–H groups in total. The van der Waals surface area contributed by atoms with Crippen molar-refractivity contribution >= 4 is 17.5 Å². The van der Waals surface area contributed by atoms with Crippen LogP contribution in [0.2, 0.25) is 0 Å². The maximum absolute atomic E-state index is 6.09. The summed E-state index contributed by atoms with van der Waals surface area (Å²) in [7, 11) is 0. The normalized spacial score (nSPS) is 12.6. The lowest BCUT2D eigenvalue weighted by molar-refractivity contribution is 0.121. The molecule has 1 atom stereocenters. The van der Waals surface area contributed by atoms with Crippen molar-refractivity contribution < 1.29 is 14.1 Å². The van der Waals surface area contributed by atoms with E-state index in [0.717, 1.165) is 16.8 Å².